The van der Waals surface area contributed by atoms with Crippen LogP contribution >= 0.6 is 11.6 Å². The monoisotopic (exact) mass is 397 g/mol. The van der Waals surface area contributed by atoms with Crippen LogP contribution in [0.4, 0.5) is 5.69 Å². The molecule has 5 heteroatoms. The number of halogens is 1. The zero-order chi connectivity index (χ0) is 19.9. The summed E-state index contributed by atoms with van der Waals surface area (Å²) in [6.07, 6.45) is 2.86. The first-order chi connectivity index (χ1) is 13.6. The molecule has 3 aromatic rings. The Balaban J connectivity index is 1.78. The van der Waals surface area contributed by atoms with Gasteiger partial charge >= 0.3 is 0 Å². The topological polar surface area (TPSA) is 48.4 Å². The normalized spacial score (nSPS) is 12.4. The van der Waals surface area contributed by atoms with E-state index in [0.29, 0.717) is 16.7 Å². The highest BCUT2D eigenvalue weighted by Gasteiger charge is 2.14. The van der Waals surface area contributed by atoms with Gasteiger partial charge in [0, 0.05) is 34.8 Å². The van der Waals surface area contributed by atoms with Crippen molar-refractivity contribution in [1.29, 1.82) is 0 Å². The second kappa shape index (κ2) is 9.76. The molecule has 1 heterocycles. The minimum Gasteiger partial charge on any atom is -0.508 e. The summed E-state index contributed by atoms with van der Waals surface area (Å²) in [5, 5.41) is 15.0. The molecule has 0 radical (unpaired) electrons. The summed E-state index contributed by atoms with van der Waals surface area (Å²) in [6.45, 7) is 8.38. The molecule has 1 unspecified atom stereocenters. The van der Waals surface area contributed by atoms with E-state index in [0.717, 1.165) is 49.2 Å². The second-order valence-corrected chi connectivity index (χ2v) is 7.44. The van der Waals surface area contributed by atoms with Gasteiger partial charge < -0.3 is 15.3 Å². The number of nitrogens with one attached hydrogen (secondary N) is 1. The highest BCUT2D eigenvalue weighted by atomic mass is 35.5. The molecule has 2 aromatic carbocycles. The third kappa shape index (κ3) is 5.15. The number of aromatic nitrogens is 1. The number of pyridine rings is 1. The van der Waals surface area contributed by atoms with Crippen molar-refractivity contribution in [1.82, 2.24) is 9.88 Å². The molecule has 0 spiro atoms. The van der Waals surface area contributed by atoms with Crippen molar-refractivity contribution in [2.24, 2.45) is 0 Å². The van der Waals surface area contributed by atoms with Gasteiger partial charge in [0.25, 0.3) is 0 Å². The average molecular weight is 398 g/mol. The third-order valence-corrected chi connectivity index (χ3v) is 5.53. The standard InChI is InChI=1S/C23H28ClN3O/c1-3-27(4-2)14-12-18(17-5-8-20(28)9-6-17)16-26-22-11-13-25-23-15-19(24)7-10-21(22)23/h5-11,13,15,18,28H,3-4,12,14,16H2,1-2H3,(H,25,26). The number of phenolic OH excluding ortho intramolecular Hbond substituents is 1. The summed E-state index contributed by atoms with van der Waals surface area (Å²) >= 11 is 6.10. The van der Waals surface area contributed by atoms with E-state index in [1.54, 1.807) is 12.1 Å². The Morgan fingerprint density at radius 2 is 1.82 bits per heavy atom. The number of fused-ring (bicyclic) bond motifs is 1. The zero-order valence-corrected chi connectivity index (χ0v) is 17.3. The van der Waals surface area contributed by atoms with E-state index in [1.165, 1.54) is 5.56 Å². The summed E-state index contributed by atoms with van der Waals surface area (Å²) < 4.78 is 0. The molecule has 1 aromatic heterocycles. The molecule has 0 aliphatic carbocycles. The van der Waals surface area contributed by atoms with E-state index in [9.17, 15) is 5.11 Å². The maximum absolute atomic E-state index is 9.64. The molecule has 2 N–H and O–H groups in total. The first-order valence-corrected chi connectivity index (χ1v) is 10.3. The minimum absolute atomic E-state index is 0.302. The van der Waals surface area contributed by atoms with Crippen LogP contribution in [0.5, 0.6) is 5.75 Å². The van der Waals surface area contributed by atoms with Gasteiger partial charge in [0.2, 0.25) is 0 Å². The molecule has 0 saturated heterocycles. The molecule has 0 aliphatic rings. The van der Waals surface area contributed by atoms with Crippen LogP contribution in [0.3, 0.4) is 0 Å². The summed E-state index contributed by atoms with van der Waals surface area (Å²) in [5.74, 6) is 0.646. The van der Waals surface area contributed by atoms with Gasteiger partial charge in [0.1, 0.15) is 5.75 Å². The van der Waals surface area contributed by atoms with Gasteiger partial charge in [-0.2, -0.15) is 0 Å². The van der Waals surface area contributed by atoms with Crippen LogP contribution in [-0.4, -0.2) is 41.2 Å². The summed E-state index contributed by atoms with van der Waals surface area (Å²) in [4.78, 5) is 6.86. The fourth-order valence-electron chi connectivity index (χ4n) is 3.52. The predicted molar refractivity (Wildman–Crippen MR) is 118 cm³/mol. The lowest BCUT2D eigenvalue weighted by Crippen LogP contribution is -2.26. The number of aromatic hydroxyl groups is 1. The maximum Gasteiger partial charge on any atom is 0.115 e. The lowest BCUT2D eigenvalue weighted by molar-refractivity contribution is 0.291. The SMILES string of the molecule is CCN(CC)CCC(CNc1ccnc2cc(Cl)ccc12)c1ccc(O)cc1. The van der Waals surface area contributed by atoms with E-state index < -0.39 is 0 Å². The fraction of sp³-hybridized carbons (Fsp3) is 0.348. The molecule has 0 fully saturated rings. The zero-order valence-electron chi connectivity index (χ0n) is 16.5. The molecular weight excluding hydrogens is 370 g/mol. The quantitative estimate of drug-likeness (QED) is 0.499. The molecule has 4 nitrogen and oxygen atoms in total. The number of nitrogens with zero attached hydrogens (tertiary/aromatic N) is 2. The first kappa shape index (κ1) is 20.4. The van der Waals surface area contributed by atoms with Crippen LogP contribution in [-0.2, 0) is 0 Å². The number of anilines is 1. The lowest BCUT2D eigenvalue weighted by atomic mass is 9.95. The smallest absolute Gasteiger partial charge is 0.115 e. The molecule has 0 aliphatic heterocycles. The second-order valence-electron chi connectivity index (χ2n) is 7.00. The van der Waals surface area contributed by atoms with Gasteiger partial charge in [-0.05, 0) is 68.0 Å². The van der Waals surface area contributed by atoms with Crippen molar-refractivity contribution in [2.45, 2.75) is 26.2 Å². The summed E-state index contributed by atoms with van der Waals surface area (Å²) in [5.41, 5.74) is 3.19. The molecule has 0 amide bonds. The Kier molecular flexibility index (Phi) is 7.12. The Morgan fingerprint density at radius 3 is 2.54 bits per heavy atom. The van der Waals surface area contributed by atoms with Gasteiger partial charge in [0.15, 0.2) is 0 Å². The van der Waals surface area contributed by atoms with E-state index >= 15 is 0 Å². The Hall–Kier alpha value is -2.30. The molecule has 0 saturated carbocycles. The van der Waals surface area contributed by atoms with Crippen LogP contribution in [0.2, 0.25) is 5.02 Å². The molecule has 3 rings (SSSR count). The average Bonchev–Trinajstić information content (AvgIpc) is 2.71. The highest BCUT2D eigenvalue weighted by Crippen LogP contribution is 2.27. The van der Waals surface area contributed by atoms with E-state index in [2.05, 4.69) is 29.0 Å². The number of hydrogen-bond donors (Lipinski definition) is 2. The molecule has 0 bridgehead atoms. The Morgan fingerprint density at radius 1 is 1.07 bits per heavy atom. The van der Waals surface area contributed by atoms with Gasteiger partial charge in [0.05, 0.1) is 5.52 Å². The van der Waals surface area contributed by atoms with E-state index in [-0.39, 0.29) is 0 Å². The largest absolute Gasteiger partial charge is 0.508 e. The van der Waals surface area contributed by atoms with Crippen LogP contribution in [0.15, 0.2) is 54.7 Å². The van der Waals surface area contributed by atoms with Gasteiger partial charge in [-0.15, -0.1) is 0 Å². The Bertz CT molecular complexity index is 894. The van der Waals surface area contributed by atoms with Gasteiger partial charge in [-0.1, -0.05) is 37.6 Å². The number of rotatable bonds is 9. The summed E-state index contributed by atoms with van der Waals surface area (Å²) in [6, 6.07) is 15.4. The predicted octanol–water partition coefficient (Wildman–Crippen LogP) is 5.52. The highest BCUT2D eigenvalue weighted by molar-refractivity contribution is 6.31. The maximum atomic E-state index is 9.64. The van der Waals surface area contributed by atoms with Crippen molar-refractivity contribution in [3.05, 3.63) is 65.3 Å². The van der Waals surface area contributed by atoms with Crippen LogP contribution < -0.4 is 5.32 Å². The fourth-order valence-corrected chi connectivity index (χ4v) is 3.69. The van der Waals surface area contributed by atoms with Gasteiger partial charge in [-0.25, -0.2) is 0 Å². The first-order valence-electron chi connectivity index (χ1n) is 9.90. The van der Waals surface area contributed by atoms with Crippen molar-refractivity contribution in [2.75, 3.05) is 31.5 Å². The molecule has 1 atom stereocenters. The van der Waals surface area contributed by atoms with E-state index in [4.69, 9.17) is 11.6 Å². The van der Waals surface area contributed by atoms with Crippen molar-refractivity contribution >= 4 is 28.2 Å². The number of hydrogen-bond acceptors (Lipinski definition) is 4. The van der Waals surface area contributed by atoms with Gasteiger partial charge in [-0.3, -0.25) is 4.98 Å². The Labute approximate surface area is 172 Å². The van der Waals surface area contributed by atoms with Crippen molar-refractivity contribution < 1.29 is 5.11 Å². The number of benzene rings is 2. The molecule has 28 heavy (non-hydrogen) atoms. The van der Waals surface area contributed by atoms with Crippen molar-refractivity contribution in [3.8, 4) is 5.75 Å². The lowest BCUT2D eigenvalue weighted by Gasteiger charge is -2.24. The van der Waals surface area contributed by atoms with Crippen LogP contribution in [0.25, 0.3) is 10.9 Å². The van der Waals surface area contributed by atoms with Crippen LogP contribution in [0.1, 0.15) is 31.7 Å². The number of phenols is 1. The minimum atomic E-state index is 0.302. The molecule has 148 valence electrons. The molecular formula is C23H28ClN3O. The van der Waals surface area contributed by atoms with Crippen molar-refractivity contribution in [3.63, 3.8) is 0 Å². The van der Waals surface area contributed by atoms with E-state index in [1.807, 2.05) is 42.6 Å². The van der Waals surface area contributed by atoms with Crippen LogP contribution in [0, 0.1) is 0 Å². The third-order valence-electron chi connectivity index (χ3n) is 5.30. The summed E-state index contributed by atoms with van der Waals surface area (Å²) in [7, 11) is 0.